The van der Waals surface area contributed by atoms with Crippen molar-refractivity contribution in [2.75, 3.05) is 45.6 Å². The Labute approximate surface area is 202 Å². The van der Waals surface area contributed by atoms with Crippen LogP contribution in [-0.4, -0.2) is 82.3 Å². The molecular formula is C24H37N3O6S. The number of carbonyl (C=O) groups is 2. The first-order chi connectivity index (χ1) is 16.3. The molecule has 2 aliphatic heterocycles. The Morgan fingerprint density at radius 3 is 2.79 bits per heavy atom. The quantitative estimate of drug-likeness (QED) is 0.328. The molecule has 1 N–H and O–H groups in total. The number of sulfonamides is 1. The van der Waals surface area contributed by atoms with Crippen molar-refractivity contribution in [3.8, 4) is 5.75 Å². The number of aldehydes is 1. The molecule has 2 heterocycles. The van der Waals surface area contributed by atoms with E-state index in [1.165, 1.54) is 5.06 Å². The predicted octanol–water partition coefficient (Wildman–Crippen LogP) is 1.72. The van der Waals surface area contributed by atoms with Gasteiger partial charge >= 0.3 is 0 Å². The lowest BCUT2D eigenvalue weighted by Crippen LogP contribution is -2.44. The lowest BCUT2D eigenvalue weighted by molar-refractivity contribution is -0.188. The third kappa shape index (κ3) is 6.78. The number of nitrogens with zero attached hydrogens (tertiary/aromatic N) is 2. The first-order valence-corrected chi connectivity index (χ1v) is 14.0. The summed E-state index contributed by atoms with van der Waals surface area (Å²) in [4.78, 5) is 33.1. The fraction of sp³-hybridized carbons (Fsp3) is 0.667. The Morgan fingerprint density at radius 2 is 2.12 bits per heavy atom. The topological polar surface area (TPSA) is 105 Å². The zero-order valence-electron chi connectivity index (χ0n) is 20.4. The zero-order chi connectivity index (χ0) is 24.7. The van der Waals surface area contributed by atoms with E-state index in [1.54, 1.807) is 0 Å². The van der Waals surface area contributed by atoms with Gasteiger partial charge in [-0.15, -0.1) is 0 Å². The monoisotopic (exact) mass is 495 g/mol. The third-order valence-electron chi connectivity index (χ3n) is 6.41. The number of nitrogens with one attached hydrogen (secondary N) is 1. The predicted molar refractivity (Wildman–Crippen MR) is 129 cm³/mol. The van der Waals surface area contributed by atoms with Crippen LogP contribution in [0.15, 0.2) is 18.2 Å². The van der Waals surface area contributed by atoms with Gasteiger partial charge in [-0.1, -0.05) is 26.0 Å². The number of hydrogen-bond donors (Lipinski definition) is 1. The molecular weight excluding hydrogens is 458 g/mol. The summed E-state index contributed by atoms with van der Waals surface area (Å²) >= 11 is 0. The molecule has 1 fully saturated rings. The normalized spacial score (nSPS) is 22.4. The van der Waals surface area contributed by atoms with Gasteiger partial charge in [0.1, 0.15) is 12.0 Å². The molecule has 1 aromatic rings. The lowest BCUT2D eigenvalue weighted by Gasteiger charge is -2.28. The maximum Gasteiger partial charge on any atom is 0.260 e. The van der Waals surface area contributed by atoms with Crippen molar-refractivity contribution >= 4 is 22.2 Å². The van der Waals surface area contributed by atoms with Crippen LogP contribution in [0, 0.1) is 5.92 Å². The van der Waals surface area contributed by atoms with Crippen LogP contribution in [0.25, 0.3) is 0 Å². The van der Waals surface area contributed by atoms with Crippen molar-refractivity contribution in [1.82, 2.24) is 14.7 Å². The maximum atomic E-state index is 13.1. The summed E-state index contributed by atoms with van der Waals surface area (Å²) in [7, 11) is -3.35. The molecule has 1 saturated heterocycles. The van der Waals surface area contributed by atoms with Crippen molar-refractivity contribution in [1.29, 1.82) is 0 Å². The molecule has 3 rings (SSSR count). The first-order valence-electron chi connectivity index (χ1n) is 12.1. The van der Waals surface area contributed by atoms with Gasteiger partial charge in [0.2, 0.25) is 10.0 Å². The van der Waals surface area contributed by atoms with Crippen LogP contribution in [0.5, 0.6) is 5.75 Å². The fourth-order valence-corrected chi connectivity index (χ4v) is 5.33. The molecule has 10 heteroatoms. The van der Waals surface area contributed by atoms with E-state index in [9.17, 15) is 18.0 Å². The average molecular weight is 496 g/mol. The summed E-state index contributed by atoms with van der Waals surface area (Å²) in [5.41, 5.74) is 2.18. The largest absolute Gasteiger partial charge is 0.493 e. The van der Waals surface area contributed by atoms with Crippen LogP contribution in [0.4, 0.5) is 0 Å². The molecule has 190 valence electrons. The summed E-state index contributed by atoms with van der Waals surface area (Å²) in [6, 6.07) is 5.79. The molecule has 0 bridgehead atoms. The minimum Gasteiger partial charge on any atom is -0.493 e. The second-order valence-electron chi connectivity index (χ2n) is 9.07. The van der Waals surface area contributed by atoms with Gasteiger partial charge < -0.3 is 9.53 Å². The highest BCUT2D eigenvalue weighted by molar-refractivity contribution is 7.88. The molecule has 1 amide bonds. The average Bonchev–Trinajstić information content (AvgIpc) is 3.39. The number of carbonyl (C=O) groups excluding carboxylic acids is 2. The minimum atomic E-state index is -3.35. The zero-order valence-corrected chi connectivity index (χ0v) is 21.2. The molecule has 0 aromatic heterocycles. The van der Waals surface area contributed by atoms with Gasteiger partial charge in [-0.25, -0.2) is 18.2 Å². The molecule has 0 aliphatic carbocycles. The van der Waals surface area contributed by atoms with Gasteiger partial charge in [-0.3, -0.25) is 14.5 Å². The highest BCUT2D eigenvalue weighted by Crippen LogP contribution is 2.39. The van der Waals surface area contributed by atoms with E-state index in [1.807, 2.05) is 30.9 Å². The summed E-state index contributed by atoms with van der Waals surface area (Å²) in [5.74, 6) is 0.291. The van der Waals surface area contributed by atoms with Gasteiger partial charge in [0, 0.05) is 43.9 Å². The number of likely N-dealkylation sites (tertiary alicyclic amines) is 1. The molecule has 3 atom stereocenters. The number of hydroxylamine groups is 2. The standard InChI is InChI=1S/C24H37N3O6S/c1-4-11-27(33-12-5-2)24(29)16-26-15-20(18-6-7-23-19(14-18)9-13-32-23)21(17-28)22(26)8-10-25-34(3,30)31/h6-7,14,17,20-22,25H,4-5,8-13,15-16H2,1-3H3/t20-,21-,22+/m1/s1. The second kappa shape index (κ2) is 12.1. The number of ether oxygens (including phenoxy) is 1. The van der Waals surface area contributed by atoms with E-state index in [0.717, 1.165) is 48.7 Å². The van der Waals surface area contributed by atoms with Crippen LogP contribution in [-0.2, 0) is 30.9 Å². The molecule has 0 spiro atoms. The smallest absolute Gasteiger partial charge is 0.260 e. The van der Waals surface area contributed by atoms with Crippen LogP contribution < -0.4 is 9.46 Å². The fourth-order valence-electron chi connectivity index (χ4n) is 4.84. The SMILES string of the molecule is CCCON(CCC)C(=O)CN1C[C@H](c2ccc3c(c2)CCO3)[C@@H](C=O)[C@@H]1CCNS(C)(=O)=O. The van der Waals surface area contributed by atoms with Gasteiger partial charge in [-0.05, 0) is 36.5 Å². The Bertz CT molecular complexity index is 954. The summed E-state index contributed by atoms with van der Waals surface area (Å²) in [5, 5.41) is 1.42. The van der Waals surface area contributed by atoms with Crippen molar-refractivity contribution in [3.63, 3.8) is 0 Å². The van der Waals surface area contributed by atoms with Crippen molar-refractivity contribution < 1.29 is 27.6 Å². The molecule has 2 aliphatic rings. The van der Waals surface area contributed by atoms with Crippen molar-refractivity contribution in [2.45, 2.75) is 51.5 Å². The molecule has 9 nitrogen and oxygen atoms in total. The highest BCUT2D eigenvalue weighted by atomic mass is 32.2. The van der Waals surface area contributed by atoms with E-state index in [0.29, 0.717) is 32.7 Å². The summed E-state index contributed by atoms with van der Waals surface area (Å²) in [6.07, 6.45) is 4.91. The molecule has 0 radical (unpaired) electrons. The van der Waals surface area contributed by atoms with Crippen molar-refractivity contribution in [2.24, 2.45) is 5.92 Å². The Morgan fingerprint density at radius 1 is 1.32 bits per heavy atom. The minimum absolute atomic E-state index is 0.0874. The van der Waals surface area contributed by atoms with Crippen LogP contribution in [0.1, 0.15) is 50.2 Å². The van der Waals surface area contributed by atoms with E-state index in [4.69, 9.17) is 9.57 Å². The lowest BCUT2D eigenvalue weighted by atomic mass is 9.84. The highest BCUT2D eigenvalue weighted by Gasteiger charge is 2.43. The van der Waals surface area contributed by atoms with Crippen molar-refractivity contribution in [3.05, 3.63) is 29.3 Å². The van der Waals surface area contributed by atoms with Crippen LogP contribution >= 0.6 is 0 Å². The third-order valence-corrected chi connectivity index (χ3v) is 7.14. The molecule has 0 saturated carbocycles. The maximum absolute atomic E-state index is 13.1. The number of hydrogen-bond acceptors (Lipinski definition) is 7. The van der Waals surface area contributed by atoms with E-state index < -0.39 is 10.0 Å². The Hall–Kier alpha value is -2.01. The van der Waals surface area contributed by atoms with E-state index in [2.05, 4.69) is 10.8 Å². The summed E-state index contributed by atoms with van der Waals surface area (Å²) in [6.45, 7) is 6.44. The van der Waals surface area contributed by atoms with E-state index in [-0.39, 0.29) is 36.9 Å². The van der Waals surface area contributed by atoms with Gasteiger partial charge in [0.15, 0.2) is 0 Å². The number of amides is 1. The second-order valence-corrected chi connectivity index (χ2v) is 10.9. The molecule has 34 heavy (non-hydrogen) atoms. The van der Waals surface area contributed by atoms with Gasteiger partial charge in [0.05, 0.1) is 26.0 Å². The molecule has 1 aromatic carbocycles. The Kier molecular flexibility index (Phi) is 9.47. The van der Waals surface area contributed by atoms with Crippen LogP contribution in [0.3, 0.4) is 0 Å². The van der Waals surface area contributed by atoms with E-state index >= 15 is 0 Å². The van der Waals surface area contributed by atoms with Gasteiger partial charge in [0.25, 0.3) is 5.91 Å². The summed E-state index contributed by atoms with van der Waals surface area (Å²) < 4.78 is 31.3. The first kappa shape index (κ1) is 26.6. The number of benzene rings is 1. The van der Waals surface area contributed by atoms with Gasteiger partial charge in [-0.2, -0.15) is 0 Å². The Balaban J connectivity index is 1.81. The number of rotatable bonds is 13. The number of fused-ring (bicyclic) bond motifs is 1. The molecule has 0 unspecified atom stereocenters. The van der Waals surface area contributed by atoms with Crippen LogP contribution in [0.2, 0.25) is 0 Å².